The summed E-state index contributed by atoms with van der Waals surface area (Å²) in [5.41, 5.74) is 2.80. The van der Waals surface area contributed by atoms with Crippen LogP contribution in [0.25, 0.3) is 0 Å². The maximum Gasteiger partial charge on any atom is 0.261 e. The molecule has 0 saturated carbocycles. The van der Waals surface area contributed by atoms with Crippen LogP contribution in [0.2, 0.25) is 0 Å². The van der Waals surface area contributed by atoms with Crippen LogP contribution >= 0.6 is 0 Å². The lowest BCUT2D eigenvalue weighted by molar-refractivity contribution is -0.142. The molecule has 0 fully saturated rings. The van der Waals surface area contributed by atoms with Crippen molar-refractivity contribution in [3.8, 4) is 23.0 Å². The van der Waals surface area contributed by atoms with Crippen molar-refractivity contribution in [3.05, 3.63) is 120 Å². The van der Waals surface area contributed by atoms with E-state index in [1.54, 1.807) is 38.4 Å². The Labute approximate surface area is 253 Å². The fraction of sp³-hybridized carbons (Fsp3) is 0.257. The highest BCUT2D eigenvalue weighted by atomic mass is 16.5. The normalized spacial score (nSPS) is 11.2. The Balaban J connectivity index is 1.56. The van der Waals surface area contributed by atoms with Crippen LogP contribution in [0.3, 0.4) is 0 Å². The third kappa shape index (κ3) is 9.00. The molecule has 4 rings (SSSR count). The van der Waals surface area contributed by atoms with Crippen molar-refractivity contribution in [3.63, 3.8) is 0 Å². The number of hydrogen-bond acceptors (Lipinski definition) is 6. The molecule has 43 heavy (non-hydrogen) atoms. The first-order valence-corrected chi connectivity index (χ1v) is 14.1. The standard InChI is InChI=1S/C35H38N2O6/c1-40-29-17-14-28(15-18-29)24-37(34(38)25-43-30-12-8-5-9-13-30)31(22-26-10-6-4-7-11-26)35(39)36-21-20-27-16-19-32(41-2)33(23-27)42-3/h4-19,23,31H,20-22,24-25H2,1-3H3,(H,36,39)/t31-/m0/s1. The van der Waals surface area contributed by atoms with Gasteiger partial charge in [-0.1, -0.05) is 66.7 Å². The molecule has 4 aromatic rings. The van der Waals surface area contributed by atoms with Crippen molar-refractivity contribution in [1.82, 2.24) is 10.2 Å². The van der Waals surface area contributed by atoms with Crippen LogP contribution in [0.5, 0.6) is 23.0 Å². The van der Waals surface area contributed by atoms with Crippen molar-refractivity contribution in [2.24, 2.45) is 0 Å². The molecular formula is C35H38N2O6. The van der Waals surface area contributed by atoms with Gasteiger partial charge in [0.05, 0.1) is 21.3 Å². The molecule has 0 spiro atoms. The summed E-state index contributed by atoms with van der Waals surface area (Å²) in [7, 11) is 4.79. The Hall–Kier alpha value is -4.98. The van der Waals surface area contributed by atoms with Crippen LogP contribution in [-0.2, 0) is 29.0 Å². The van der Waals surface area contributed by atoms with Crippen molar-refractivity contribution in [2.45, 2.75) is 25.4 Å². The van der Waals surface area contributed by atoms with Gasteiger partial charge in [0.2, 0.25) is 5.91 Å². The number of benzene rings is 4. The number of amides is 2. The SMILES string of the molecule is COc1ccc(CN(C(=O)COc2ccccc2)[C@@H](Cc2ccccc2)C(=O)NCCc2ccc(OC)c(OC)c2)cc1. The average molecular weight is 583 g/mol. The molecule has 4 aromatic carbocycles. The average Bonchev–Trinajstić information content (AvgIpc) is 3.06. The van der Waals surface area contributed by atoms with Gasteiger partial charge in [-0.3, -0.25) is 9.59 Å². The van der Waals surface area contributed by atoms with Gasteiger partial charge in [-0.15, -0.1) is 0 Å². The largest absolute Gasteiger partial charge is 0.497 e. The number of carbonyl (C=O) groups is 2. The molecule has 0 aromatic heterocycles. The summed E-state index contributed by atoms with van der Waals surface area (Å²) in [6, 6.07) is 31.2. The highest BCUT2D eigenvalue weighted by Gasteiger charge is 2.30. The molecule has 224 valence electrons. The molecule has 0 aliphatic carbocycles. The zero-order chi connectivity index (χ0) is 30.4. The minimum Gasteiger partial charge on any atom is -0.497 e. The third-order valence-corrected chi connectivity index (χ3v) is 7.05. The van der Waals surface area contributed by atoms with Gasteiger partial charge in [0.25, 0.3) is 5.91 Å². The second-order valence-electron chi connectivity index (χ2n) is 9.91. The summed E-state index contributed by atoms with van der Waals surface area (Å²) >= 11 is 0. The van der Waals surface area contributed by atoms with E-state index >= 15 is 0 Å². The van der Waals surface area contributed by atoms with E-state index in [9.17, 15) is 9.59 Å². The van der Waals surface area contributed by atoms with Gasteiger partial charge < -0.3 is 29.2 Å². The summed E-state index contributed by atoms with van der Waals surface area (Å²) in [5.74, 6) is 2.02. The van der Waals surface area contributed by atoms with Crippen LogP contribution in [0.15, 0.2) is 103 Å². The number of carbonyl (C=O) groups excluding carboxylic acids is 2. The van der Waals surface area contributed by atoms with Crippen LogP contribution in [0.4, 0.5) is 0 Å². The predicted molar refractivity (Wildman–Crippen MR) is 166 cm³/mol. The van der Waals surface area contributed by atoms with E-state index in [4.69, 9.17) is 18.9 Å². The molecule has 0 bridgehead atoms. The van der Waals surface area contributed by atoms with E-state index in [0.717, 1.165) is 16.7 Å². The first-order valence-electron chi connectivity index (χ1n) is 14.1. The maximum absolute atomic E-state index is 13.9. The van der Waals surface area contributed by atoms with Crippen molar-refractivity contribution in [2.75, 3.05) is 34.5 Å². The van der Waals surface area contributed by atoms with Crippen LogP contribution in [-0.4, -0.2) is 57.2 Å². The van der Waals surface area contributed by atoms with Gasteiger partial charge in [-0.25, -0.2) is 0 Å². The Morgan fingerprint density at radius 2 is 1.35 bits per heavy atom. The smallest absolute Gasteiger partial charge is 0.261 e. The minimum atomic E-state index is -0.776. The van der Waals surface area contributed by atoms with Crippen molar-refractivity contribution < 1.29 is 28.5 Å². The first-order chi connectivity index (χ1) is 21.0. The predicted octanol–water partition coefficient (Wildman–Crippen LogP) is 5.09. The van der Waals surface area contributed by atoms with E-state index < -0.39 is 6.04 Å². The second-order valence-corrected chi connectivity index (χ2v) is 9.91. The Morgan fingerprint density at radius 1 is 0.698 bits per heavy atom. The van der Waals surface area contributed by atoms with Crippen LogP contribution < -0.4 is 24.3 Å². The van der Waals surface area contributed by atoms with Crippen molar-refractivity contribution >= 4 is 11.8 Å². The van der Waals surface area contributed by atoms with Gasteiger partial charge in [-0.05, 0) is 59.5 Å². The number of hydrogen-bond donors (Lipinski definition) is 1. The molecule has 0 heterocycles. The Bertz CT molecular complexity index is 1440. The maximum atomic E-state index is 13.9. The zero-order valence-electron chi connectivity index (χ0n) is 24.8. The molecule has 1 atom stereocenters. The molecule has 0 saturated heterocycles. The molecule has 0 radical (unpaired) electrons. The minimum absolute atomic E-state index is 0.204. The third-order valence-electron chi connectivity index (χ3n) is 7.05. The van der Waals surface area contributed by atoms with E-state index in [1.165, 1.54) is 0 Å². The van der Waals surface area contributed by atoms with E-state index in [2.05, 4.69) is 5.32 Å². The lowest BCUT2D eigenvalue weighted by Crippen LogP contribution is -2.52. The van der Waals surface area contributed by atoms with Gasteiger partial charge in [0, 0.05) is 19.5 Å². The zero-order valence-corrected chi connectivity index (χ0v) is 24.8. The number of methoxy groups -OCH3 is 3. The van der Waals surface area contributed by atoms with Gasteiger partial charge in [0.1, 0.15) is 17.5 Å². The van der Waals surface area contributed by atoms with Gasteiger partial charge in [0.15, 0.2) is 18.1 Å². The van der Waals surface area contributed by atoms with Crippen LogP contribution in [0, 0.1) is 0 Å². The quantitative estimate of drug-likeness (QED) is 0.210. The topological polar surface area (TPSA) is 86.3 Å². The molecule has 8 heteroatoms. The number of nitrogens with zero attached hydrogens (tertiary/aromatic N) is 1. The molecule has 0 unspecified atom stereocenters. The first kappa shape index (κ1) is 31.0. The summed E-state index contributed by atoms with van der Waals surface area (Å²) in [6.45, 7) is 0.399. The molecule has 2 amide bonds. The fourth-order valence-electron chi connectivity index (χ4n) is 4.71. The summed E-state index contributed by atoms with van der Waals surface area (Å²) in [5, 5.41) is 3.07. The fourth-order valence-corrected chi connectivity index (χ4v) is 4.71. The Morgan fingerprint density at radius 3 is 2.00 bits per heavy atom. The lowest BCUT2D eigenvalue weighted by atomic mass is 10.0. The highest BCUT2D eigenvalue weighted by Crippen LogP contribution is 2.27. The van der Waals surface area contributed by atoms with Crippen LogP contribution in [0.1, 0.15) is 16.7 Å². The molecule has 1 N–H and O–H groups in total. The summed E-state index contributed by atoms with van der Waals surface area (Å²) < 4.78 is 21.9. The molecular weight excluding hydrogens is 544 g/mol. The summed E-state index contributed by atoms with van der Waals surface area (Å²) in [6.07, 6.45) is 0.921. The summed E-state index contributed by atoms with van der Waals surface area (Å²) in [4.78, 5) is 29.2. The molecule has 8 nitrogen and oxygen atoms in total. The number of nitrogens with one attached hydrogen (secondary N) is 1. The van der Waals surface area contributed by atoms with E-state index in [0.29, 0.717) is 42.4 Å². The molecule has 0 aliphatic rings. The number of ether oxygens (including phenoxy) is 4. The number of rotatable bonds is 15. The van der Waals surface area contributed by atoms with Gasteiger partial charge in [-0.2, -0.15) is 0 Å². The van der Waals surface area contributed by atoms with E-state index in [1.807, 2.05) is 91.0 Å². The molecule has 0 aliphatic heterocycles. The van der Waals surface area contributed by atoms with E-state index in [-0.39, 0.29) is 25.0 Å². The van der Waals surface area contributed by atoms with Crippen molar-refractivity contribution in [1.29, 1.82) is 0 Å². The monoisotopic (exact) mass is 582 g/mol. The lowest BCUT2D eigenvalue weighted by Gasteiger charge is -2.31. The Kier molecular flexibility index (Phi) is 11.4. The highest BCUT2D eigenvalue weighted by molar-refractivity contribution is 5.88. The number of para-hydroxylation sites is 1. The van der Waals surface area contributed by atoms with Gasteiger partial charge >= 0.3 is 0 Å². The second kappa shape index (κ2) is 15.9.